The molecule has 3 unspecified atom stereocenters. The Hall–Kier alpha value is -3.55. The molecule has 226 valence electrons. The van der Waals surface area contributed by atoms with Crippen molar-refractivity contribution in [2.75, 3.05) is 18.1 Å². The zero-order valence-corrected chi connectivity index (χ0v) is 25.8. The van der Waals surface area contributed by atoms with Crippen LogP contribution in [0.3, 0.4) is 0 Å². The van der Waals surface area contributed by atoms with E-state index in [4.69, 9.17) is 22.1 Å². The number of anilines is 2. The highest BCUT2D eigenvalue weighted by Gasteiger charge is 2.39. The van der Waals surface area contributed by atoms with Gasteiger partial charge in [-0.15, -0.1) is 12.4 Å². The average Bonchev–Trinajstić information content (AvgIpc) is 3.19. The van der Waals surface area contributed by atoms with Gasteiger partial charge in [0.25, 0.3) is 0 Å². The lowest BCUT2D eigenvalue weighted by molar-refractivity contribution is -0.115. The van der Waals surface area contributed by atoms with Gasteiger partial charge in [-0.3, -0.25) is 4.79 Å². The number of carbonyl (C=O) groups excluding carboxylic acids is 1. The van der Waals surface area contributed by atoms with E-state index in [2.05, 4.69) is 59.7 Å². The maximum absolute atomic E-state index is 11.8. The van der Waals surface area contributed by atoms with Crippen LogP contribution in [0.25, 0.3) is 0 Å². The van der Waals surface area contributed by atoms with Gasteiger partial charge in [-0.2, -0.15) is 0 Å². The number of carbonyl (C=O) groups is 1. The monoisotopic (exact) mass is 619 g/mol. The summed E-state index contributed by atoms with van der Waals surface area (Å²) in [6.07, 6.45) is 5.50. The van der Waals surface area contributed by atoms with Crippen LogP contribution < -0.4 is 11.1 Å². The second-order valence-corrected chi connectivity index (χ2v) is 11.5. The highest BCUT2D eigenvalue weighted by molar-refractivity contribution is 6.30. The smallest absolute Gasteiger partial charge is 0.228 e. The number of fused-ring (bicyclic) bond motifs is 2. The third-order valence-corrected chi connectivity index (χ3v) is 8.41. The molecular formula is C35H39Cl2N3O3. The quantitative estimate of drug-likeness (QED) is 0.112. The fraction of sp³-hybridized carbons (Fsp3) is 0.286. The number of amides is 1. The van der Waals surface area contributed by atoms with Crippen molar-refractivity contribution in [2.45, 2.75) is 56.4 Å². The number of hydrogen-bond acceptors (Lipinski definition) is 5. The zero-order chi connectivity index (χ0) is 29.5. The summed E-state index contributed by atoms with van der Waals surface area (Å²) in [5.41, 5.74) is 9.72. The molecule has 2 aliphatic heterocycles. The van der Waals surface area contributed by atoms with Crippen LogP contribution >= 0.6 is 24.0 Å². The number of halogens is 2. The van der Waals surface area contributed by atoms with Crippen LogP contribution in [0.1, 0.15) is 48.5 Å². The van der Waals surface area contributed by atoms with Gasteiger partial charge >= 0.3 is 0 Å². The summed E-state index contributed by atoms with van der Waals surface area (Å²) < 4.78 is 6.66. The number of nitrogens with zero attached hydrogens (tertiary/aromatic N) is 1. The Bertz CT molecular complexity index is 1440. The van der Waals surface area contributed by atoms with E-state index in [0.717, 1.165) is 23.4 Å². The van der Waals surface area contributed by atoms with Crippen molar-refractivity contribution in [1.82, 2.24) is 4.90 Å². The molecule has 6 rings (SSSR count). The molecule has 2 saturated heterocycles. The largest absolute Gasteiger partial charge is 0.506 e. The standard InChI is InChI=1S/C21H24ClNO.C14H14N2O2.ClH/c1-23-18-11-12-19(23)14-20(13-18)24-21(15-5-3-2-4-6-15)16-7-9-17(22)10-8-16;15-11-6-7-13(17)12(9-11)16-14(18)8-10-4-2-1-3-5-10;/h2-10,18-21H,11-14H2,1H3;1-7,9,17H,8,15H2,(H,16,18);1H. The number of aromatic hydroxyl groups is 1. The van der Waals surface area contributed by atoms with Crippen molar-refractivity contribution in [1.29, 1.82) is 0 Å². The fourth-order valence-corrected chi connectivity index (χ4v) is 6.04. The summed E-state index contributed by atoms with van der Waals surface area (Å²) in [6, 6.07) is 33.9. The fourth-order valence-electron chi connectivity index (χ4n) is 5.91. The predicted octanol–water partition coefficient (Wildman–Crippen LogP) is 7.65. The molecule has 2 heterocycles. The molecule has 4 aromatic carbocycles. The van der Waals surface area contributed by atoms with Gasteiger partial charge in [-0.25, -0.2) is 0 Å². The number of ether oxygens (including phenoxy) is 1. The van der Waals surface area contributed by atoms with E-state index in [0.29, 0.717) is 29.6 Å². The highest BCUT2D eigenvalue weighted by Crippen LogP contribution is 2.39. The first-order valence-electron chi connectivity index (χ1n) is 14.5. The molecule has 0 saturated carbocycles. The number of nitrogen functional groups attached to an aromatic ring is 1. The number of rotatable bonds is 7. The Balaban J connectivity index is 0.000000201. The van der Waals surface area contributed by atoms with E-state index in [1.807, 2.05) is 42.5 Å². The minimum atomic E-state index is -0.192. The van der Waals surface area contributed by atoms with Gasteiger partial charge in [0.05, 0.1) is 18.2 Å². The minimum Gasteiger partial charge on any atom is -0.506 e. The van der Waals surface area contributed by atoms with Gasteiger partial charge in [-0.05, 0) is 79.8 Å². The molecule has 0 aliphatic carbocycles. The molecule has 0 aromatic heterocycles. The van der Waals surface area contributed by atoms with E-state index in [1.165, 1.54) is 36.1 Å². The van der Waals surface area contributed by atoms with E-state index < -0.39 is 0 Å². The number of nitrogens with two attached hydrogens (primary N) is 1. The lowest BCUT2D eigenvalue weighted by atomic mass is 9.97. The SMILES string of the molecule is CN1C2CCC1CC(OC(c1ccccc1)c1ccc(Cl)cc1)C2.Cl.Nc1ccc(O)c(NC(=O)Cc2ccccc2)c1. The molecule has 0 radical (unpaired) electrons. The number of piperidine rings is 1. The van der Waals surface area contributed by atoms with Crippen molar-refractivity contribution >= 4 is 41.3 Å². The van der Waals surface area contributed by atoms with Gasteiger partial charge in [-0.1, -0.05) is 84.4 Å². The van der Waals surface area contributed by atoms with E-state index >= 15 is 0 Å². The first kappa shape index (κ1) is 32.4. The van der Waals surface area contributed by atoms with Crippen LogP contribution in [0.5, 0.6) is 5.75 Å². The Morgan fingerprint density at radius 2 is 1.51 bits per heavy atom. The number of phenols is 1. The molecule has 4 N–H and O–H groups in total. The number of hydrogen-bond donors (Lipinski definition) is 3. The second kappa shape index (κ2) is 15.3. The van der Waals surface area contributed by atoms with Crippen molar-refractivity contribution < 1.29 is 14.6 Å². The summed E-state index contributed by atoms with van der Waals surface area (Å²) in [4.78, 5) is 14.3. The summed E-state index contributed by atoms with van der Waals surface area (Å²) in [6.45, 7) is 0. The molecule has 0 spiro atoms. The third kappa shape index (κ3) is 8.74. The summed E-state index contributed by atoms with van der Waals surface area (Å²) in [5, 5.41) is 13.0. The average molecular weight is 621 g/mol. The minimum absolute atomic E-state index is 0. The number of benzene rings is 4. The Kier molecular flexibility index (Phi) is 11.5. The van der Waals surface area contributed by atoms with Crippen molar-refractivity contribution in [3.8, 4) is 5.75 Å². The maximum atomic E-state index is 11.8. The van der Waals surface area contributed by atoms with Crippen molar-refractivity contribution in [2.24, 2.45) is 0 Å². The maximum Gasteiger partial charge on any atom is 0.228 e. The van der Waals surface area contributed by atoms with Crippen LogP contribution in [0.2, 0.25) is 5.02 Å². The normalized spacial score (nSPS) is 19.8. The lowest BCUT2D eigenvalue weighted by Crippen LogP contribution is -2.43. The Morgan fingerprint density at radius 3 is 2.14 bits per heavy atom. The molecule has 2 fully saturated rings. The van der Waals surface area contributed by atoms with Crippen LogP contribution in [-0.2, 0) is 16.0 Å². The molecule has 1 amide bonds. The number of nitrogens with one attached hydrogen (secondary N) is 1. The van der Waals surface area contributed by atoms with Crippen LogP contribution in [0, 0.1) is 0 Å². The summed E-state index contributed by atoms with van der Waals surface area (Å²) in [7, 11) is 2.27. The lowest BCUT2D eigenvalue weighted by Gasteiger charge is -2.38. The Labute approximate surface area is 265 Å². The number of phenolic OH excluding ortho intramolecular Hbond substituents is 1. The van der Waals surface area contributed by atoms with Crippen molar-refractivity contribution in [3.05, 3.63) is 125 Å². The highest BCUT2D eigenvalue weighted by atomic mass is 35.5. The van der Waals surface area contributed by atoms with Gasteiger partial charge in [0, 0.05) is 22.8 Å². The van der Waals surface area contributed by atoms with Crippen LogP contribution in [0.15, 0.2) is 103 Å². The molecular weight excluding hydrogens is 581 g/mol. The molecule has 43 heavy (non-hydrogen) atoms. The summed E-state index contributed by atoms with van der Waals surface area (Å²) in [5.74, 6) is -0.187. The first-order chi connectivity index (χ1) is 20.4. The van der Waals surface area contributed by atoms with E-state index in [-0.39, 0.29) is 36.6 Å². The van der Waals surface area contributed by atoms with E-state index in [9.17, 15) is 9.90 Å². The topological polar surface area (TPSA) is 87.8 Å². The van der Waals surface area contributed by atoms with Crippen LogP contribution in [0.4, 0.5) is 11.4 Å². The summed E-state index contributed by atoms with van der Waals surface area (Å²) >= 11 is 6.07. The molecule has 6 nitrogen and oxygen atoms in total. The molecule has 8 heteroatoms. The van der Waals surface area contributed by atoms with Gasteiger partial charge in [0.2, 0.25) is 5.91 Å². The first-order valence-corrected chi connectivity index (χ1v) is 14.8. The molecule has 3 atom stereocenters. The zero-order valence-electron chi connectivity index (χ0n) is 24.2. The molecule has 2 aliphatic rings. The third-order valence-electron chi connectivity index (χ3n) is 8.16. The van der Waals surface area contributed by atoms with E-state index in [1.54, 1.807) is 6.07 Å². The van der Waals surface area contributed by atoms with Crippen LogP contribution in [-0.4, -0.2) is 41.1 Å². The predicted molar refractivity (Wildman–Crippen MR) is 177 cm³/mol. The van der Waals surface area contributed by atoms with Gasteiger partial charge in [0.1, 0.15) is 11.9 Å². The van der Waals surface area contributed by atoms with Gasteiger partial charge < -0.3 is 25.8 Å². The van der Waals surface area contributed by atoms with Gasteiger partial charge in [0.15, 0.2) is 0 Å². The van der Waals surface area contributed by atoms with Crippen molar-refractivity contribution in [3.63, 3.8) is 0 Å². The Morgan fingerprint density at radius 1 is 0.930 bits per heavy atom. The second-order valence-electron chi connectivity index (χ2n) is 11.1. The molecule has 2 bridgehead atoms. The molecule has 4 aromatic rings.